The van der Waals surface area contributed by atoms with Crippen LogP contribution in [0.15, 0.2) is 53.4 Å². The van der Waals surface area contributed by atoms with Gasteiger partial charge in [0.25, 0.3) is 10.0 Å². The lowest BCUT2D eigenvalue weighted by molar-refractivity contribution is -0.906. The van der Waals surface area contributed by atoms with Crippen molar-refractivity contribution in [3.05, 3.63) is 54.1 Å². The predicted molar refractivity (Wildman–Crippen MR) is 105 cm³/mol. The maximum atomic E-state index is 13.3. The van der Waals surface area contributed by atoms with Gasteiger partial charge in [-0.3, -0.25) is 4.31 Å². The van der Waals surface area contributed by atoms with Gasteiger partial charge in [-0.05, 0) is 43.3 Å². The number of morpholine rings is 1. The summed E-state index contributed by atoms with van der Waals surface area (Å²) < 4.78 is 38.8. The smallest absolute Gasteiger partial charge is 0.264 e. The van der Waals surface area contributed by atoms with Crippen molar-refractivity contribution in [1.29, 1.82) is 0 Å². The van der Waals surface area contributed by atoms with Crippen LogP contribution in [-0.4, -0.2) is 54.9 Å². The maximum Gasteiger partial charge on any atom is 0.264 e. The number of aryl methyl sites for hydroxylation is 1. The van der Waals surface area contributed by atoms with Crippen LogP contribution in [0.3, 0.4) is 0 Å². The molecule has 0 spiro atoms. The molecule has 0 radical (unpaired) electrons. The average molecular weight is 392 g/mol. The number of rotatable bonds is 7. The van der Waals surface area contributed by atoms with Crippen LogP contribution in [0.5, 0.6) is 5.75 Å². The van der Waals surface area contributed by atoms with Crippen molar-refractivity contribution in [3.63, 3.8) is 0 Å². The molecule has 0 aromatic heterocycles. The molecule has 0 saturated carbocycles. The number of ether oxygens (including phenoxy) is 2. The Morgan fingerprint density at radius 2 is 1.67 bits per heavy atom. The van der Waals surface area contributed by atoms with Gasteiger partial charge in [-0.25, -0.2) is 8.42 Å². The van der Waals surface area contributed by atoms with Gasteiger partial charge in [-0.2, -0.15) is 0 Å². The van der Waals surface area contributed by atoms with Gasteiger partial charge in [0, 0.05) is 0 Å². The van der Waals surface area contributed by atoms with Crippen molar-refractivity contribution in [3.8, 4) is 5.75 Å². The topological polar surface area (TPSA) is 60.3 Å². The first-order chi connectivity index (χ1) is 13.0. The van der Waals surface area contributed by atoms with E-state index in [9.17, 15) is 8.42 Å². The molecule has 3 rings (SSSR count). The Hall–Kier alpha value is -2.09. The first-order valence-electron chi connectivity index (χ1n) is 9.15. The fraction of sp³-hybridized carbons (Fsp3) is 0.400. The minimum Gasteiger partial charge on any atom is -0.497 e. The van der Waals surface area contributed by atoms with E-state index in [1.54, 1.807) is 43.5 Å². The number of nitrogens with zero attached hydrogens (tertiary/aromatic N) is 1. The van der Waals surface area contributed by atoms with Gasteiger partial charge in [-0.1, -0.05) is 17.7 Å². The van der Waals surface area contributed by atoms with Gasteiger partial charge in [-0.15, -0.1) is 0 Å². The van der Waals surface area contributed by atoms with E-state index in [0.29, 0.717) is 22.9 Å². The highest BCUT2D eigenvalue weighted by atomic mass is 32.2. The third-order valence-electron chi connectivity index (χ3n) is 4.84. The van der Waals surface area contributed by atoms with E-state index >= 15 is 0 Å². The van der Waals surface area contributed by atoms with Crippen LogP contribution in [0, 0.1) is 6.92 Å². The first-order valence-corrected chi connectivity index (χ1v) is 10.6. The summed E-state index contributed by atoms with van der Waals surface area (Å²) in [6.45, 7) is 6.35. The maximum absolute atomic E-state index is 13.3. The molecular formula is C20H27N2O4S+. The highest BCUT2D eigenvalue weighted by Gasteiger charge is 2.27. The molecule has 1 N–H and O–H groups in total. The van der Waals surface area contributed by atoms with Crippen molar-refractivity contribution in [2.75, 3.05) is 50.8 Å². The van der Waals surface area contributed by atoms with Crippen molar-refractivity contribution < 1.29 is 22.8 Å². The van der Waals surface area contributed by atoms with Crippen molar-refractivity contribution in [2.45, 2.75) is 11.8 Å². The molecule has 1 heterocycles. The molecule has 0 unspecified atom stereocenters. The monoisotopic (exact) mass is 391 g/mol. The summed E-state index contributed by atoms with van der Waals surface area (Å²) in [5, 5.41) is 0. The second-order valence-corrected chi connectivity index (χ2v) is 8.56. The number of quaternary nitrogens is 1. The summed E-state index contributed by atoms with van der Waals surface area (Å²) in [5.41, 5.74) is 1.67. The summed E-state index contributed by atoms with van der Waals surface area (Å²) in [7, 11) is -2.05. The van der Waals surface area contributed by atoms with E-state index in [1.807, 2.05) is 19.1 Å². The van der Waals surface area contributed by atoms with Gasteiger partial charge < -0.3 is 14.4 Å². The number of nitrogens with one attached hydrogen (secondary N) is 1. The standard InChI is InChI=1S/C20H26N2O4S/c1-17-3-9-20(10-4-17)27(23,24)22(12-11-21-13-15-26-16-14-21)18-5-7-19(25-2)8-6-18/h3-10H,11-16H2,1-2H3/p+1. The average Bonchev–Trinajstić information content (AvgIpc) is 2.69. The van der Waals surface area contributed by atoms with Gasteiger partial charge >= 0.3 is 0 Å². The molecule has 1 fully saturated rings. The molecular weight excluding hydrogens is 364 g/mol. The molecule has 0 atom stereocenters. The SMILES string of the molecule is COc1ccc(N(CC[NH+]2CCOCC2)S(=O)(=O)c2ccc(C)cc2)cc1. The van der Waals surface area contributed by atoms with E-state index in [1.165, 1.54) is 9.21 Å². The van der Waals surface area contributed by atoms with Crippen LogP contribution in [0.4, 0.5) is 5.69 Å². The molecule has 27 heavy (non-hydrogen) atoms. The molecule has 0 amide bonds. The highest BCUT2D eigenvalue weighted by molar-refractivity contribution is 7.92. The zero-order valence-corrected chi connectivity index (χ0v) is 16.7. The lowest BCUT2D eigenvalue weighted by atomic mass is 10.2. The molecule has 1 aliphatic rings. The summed E-state index contributed by atoms with van der Waals surface area (Å²) in [6.07, 6.45) is 0. The quantitative estimate of drug-likeness (QED) is 0.768. The molecule has 2 aromatic rings. The van der Waals surface area contributed by atoms with Gasteiger partial charge in [0.05, 0.1) is 44.0 Å². The summed E-state index contributed by atoms with van der Waals surface area (Å²) in [5.74, 6) is 0.699. The van der Waals surface area contributed by atoms with E-state index < -0.39 is 10.0 Å². The van der Waals surface area contributed by atoms with Crippen LogP contribution in [0.25, 0.3) is 0 Å². The molecule has 7 heteroatoms. The lowest BCUT2D eigenvalue weighted by Gasteiger charge is -2.29. The van der Waals surface area contributed by atoms with E-state index in [2.05, 4.69) is 0 Å². The fourth-order valence-corrected chi connectivity index (χ4v) is 4.61. The van der Waals surface area contributed by atoms with E-state index in [0.717, 1.165) is 38.4 Å². The van der Waals surface area contributed by atoms with E-state index in [4.69, 9.17) is 9.47 Å². The zero-order chi connectivity index (χ0) is 19.3. The third kappa shape index (κ3) is 4.80. The molecule has 146 valence electrons. The van der Waals surface area contributed by atoms with Crippen LogP contribution in [0.2, 0.25) is 0 Å². The minimum atomic E-state index is -3.64. The highest BCUT2D eigenvalue weighted by Crippen LogP contribution is 2.25. The van der Waals surface area contributed by atoms with Crippen molar-refractivity contribution >= 4 is 15.7 Å². The largest absolute Gasteiger partial charge is 0.497 e. The normalized spacial score (nSPS) is 15.5. The first kappa shape index (κ1) is 19.7. The zero-order valence-electron chi connectivity index (χ0n) is 15.8. The van der Waals surface area contributed by atoms with Crippen LogP contribution in [0.1, 0.15) is 5.56 Å². The summed E-state index contributed by atoms with van der Waals surface area (Å²) in [4.78, 5) is 1.67. The second kappa shape index (κ2) is 8.73. The molecule has 6 nitrogen and oxygen atoms in total. The number of methoxy groups -OCH3 is 1. The van der Waals surface area contributed by atoms with Crippen molar-refractivity contribution in [1.82, 2.24) is 0 Å². The number of sulfonamides is 1. The Bertz CT molecular complexity index is 829. The second-order valence-electron chi connectivity index (χ2n) is 6.70. The molecule has 2 aromatic carbocycles. The summed E-state index contributed by atoms with van der Waals surface area (Å²) in [6, 6.07) is 14.1. The number of hydrogen-bond donors (Lipinski definition) is 1. The lowest BCUT2D eigenvalue weighted by Crippen LogP contribution is -3.14. The van der Waals surface area contributed by atoms with Gasteiger partial charge in [0.1, 0.15) is 18.8 Å². The molecule has 0 bridgehead atoms. The van der Waals surface area contributed by atoms with Crippen LogP contribution in [-0.2, 0) is 14.8 Å². The Morgan fingerprint density at radius 1 is 1.04 bits per heavy atom. The Kier molecular flexibility index (Phi) is 6.36. The molecule has 0 aliphatic carbocycles. The fourth-order valence-electron chi connectivity index (χ4n) is 3.14. The van der Waals surface area contributed by atoms with Gasteiger partial charge in [0.15, 0.2) is 0 Å². The Morgan fingerprint density at radius 3 is 2.26 bits per heavy atom. The third-order valence-corrected chi connectivity index (χ3v) is 6.68. The molecule has 1 saturated heterocycles. The Balaban J connectivity index is 1.88. The number of hydrogen-bond acceptors (Lipinski definition) is 4. The van der Waals surface area contributed by atoms with Crippen LogP contribution >= 0.6 is 0 Å². The summed E-state index contributed by atoms with van der Waals surface area (Å²) >= 11 is 0. The number of anilines is 1. The van der Waals surface area contributed by atoms with Crippen molar-refractivity contribution in [2.24, 2.45) is 0 Å². The number of benzene rings is 2. The van der Waals surface area contributed by atoms with E-state index in [-0.39, 0.29) is 0 Å². The Labute approximate surface area is 161 Å². The van der Waals surface area contributed by atoms with Gasteiger partial charge in [0.2, 0.25) is 0 Å². The minimum absolute atomic E-state index is 0.306. The molecule has 1 aliphatic heterocycles. The predicted octanol–water partition coefficient (Wildman–Crippen LogP) is 1.11. The van der Waals surface area contributed by atoms with Crippen LogP contribution < -0.4 is 13.9 Å².